The van der Waals surface area contributed by atoms with Crippen molar-refractivity contribution in [2.45, 2.75) is 14.7 Å². The van der Waals surface area contributed by atoms with Crippen molar-refractivity contribution in [1.29, 1.82) is 0 Å². The lowest BCUT2D eigenvalue weighted by molar-refractivity contribution is 0.577. The number of hydrogen-bond acceptors (Lipinski definition) is 4. The zero-order valence-electron chi connectivity index (χ0n) is 10.0. The van der Waals surface area contributed by atoms with Crippen molar-refractivity contribution in [2.75, 3.05) is 5.73 Å². The molecule has 0 amide bonds. The SMILES string of the molecule is Nc1ccc(S(N)(=O)=O)cc1Sc1cc(F)ccc1F. The first-order chi connectivity index (χ1) is 9.27. The molecule has 0 fully saturated rings. The lowest BCUT2D eigenvalue weighted by Crippen LogP contribution is -2.12. The maximum atomic E-state index is 13.6. The molecule has 2 rings (SSSR count). The van der Waals surface area contributed by atoms with Crippen LogP contribution in [0.15, 0.2) is 51.1 Å². The first-order valence-electron chi connectivity index (χ1n) is 5.32. The molecule has 2 aromatic rings. The van der Waals surface area contributed by atoms with E-state index in [1.165, 1.54) is 18.2 Å². The second-order valence-corrected chi connectivity index (χ2v) is 6.57. The van der Waals surface area contributed by atoms with Gasteiger partial charge in [-0.1, -0.05) is 11.8 Å². The van der Waals surface area contributed by atoms with Gasteiger partial charge in [0.15, 0.2) is 0 Å². The van der Waals surface area contributed by atoms with Crippen LogP contribution in [0.25, 0.3) is 0 Å². The smallest absolute Gasteiger partial charge is 0.238 e. The maximum Gasteiger partial charge on any atom is 0.238 e. The number of benzene rings is 2. The quantitative estimate of drug-likeness (QED) is 0.851. The molecule has 0 aliphatic heterocycles. The van der Waals surface area contributed by atoms with Crippen molar-refractivity contribution in [3.63, 3.8) is 0 Å². The fourth-order valence-electron chi connectivity index (χ4n) is 1.45. The minimum atomic E-state index is -3.89. The van der Waals surface area contributed by atoms with E-state index in [0.29, 0.717) is 0 Å². The van der Waals surface area contributed by atoms with Crippen LogP contribution < -0.4 is 10.9 Å². The van der Waals surface area contributed by atoms with Crippen LogP contribution in [0.3, 0.4) is 0 Å². The van der Waals surface area contributed by atoms with Crippen LogP contribution in [0.5, 0.6) is 0 Å². The molecule has 0 heterocycles. The van der Waals surface area contributed by atoms with Gasteiger partial charge in [-0.05, 0) is 36.4 Å². The van der Waals surface area contributed by atoms with Gasteiger partial charge in [-0.3, -0.25) is 0 Å². The van der Waals surface area contributed by atoms with E-state index in [2.05, 4.69) is 0 Å². The predicted octanol–water partition coefficient (Wildman–Crippen LogP) is 2.35. The predicted molar refractivity (Wildman–Crippen MR) is 72.7 cm³/mol. The van der Waals surface area contributed by atoms with Gasteiger partial charge in [-0.2, -0.15) is 0 Å². The molecule has 0 atom stereocenters. The van der Waals surface area contributed by atoms with Crippen molar-refractivity contribution in [1.82, 2.24) is 0 Å². The number of halogens is 2. The van der Waals surface area contributed by atoms with Gasteiger partial charge >= 0.3 is 0 Å². The van der Waals surface area contributed by atoms with E-state index < -0.39 is 21.7 Å². The molecule has 0 saturated heterocycles. The van der Waals surface area contributed by atoms with Crippen molar-refractivity contribution < 1.29 is 17.2 Å². The van der Waals surface area contributed by atoms with Gasteiger partial charge in [0.2, 0.25) is 10.0 Å². The summed E-state index contributed by atoms with van der Waals surface area (Å²) in [6, 6.07) is 6.79. The van der Waals surface area contributed by atoms with E-state index in [9.17, 15) is 17.2 Å². The van der Waals surface area contributed by atoms with Crippen LogP contribution in [0, 0.1) is 11.6 Å². The van der Waals surface area contributed by atoms with E-state index in [1.54, 1.807) is 0 Å². The Morgan fingerprint density at radius 2 is 1.70 bits per heavy atom. The standard InChI is InChI=1S/C12H10F2N2O2S2/c13-7-1-3-9(14)11(5-7)19-12-6-8(20(16,17)18)2-4-10(12)15/h1-6H,15H2,(H2,16,17,18). The molecule has 0 bridgehead atoms. The molecule has 0 aromatic heterocycles. The highest BCUT2D eigenvalue weighted by Gasteiger charge is 2.13. The van der Waals surface area contributed by atoms with Crippen LogP contribution in [-0.4, -0.2) is 8.42 Å². The third-order valence-corrected chi connectivity index (χ3v) is 4.44. The third kappa shape index (κ3) is 3.27. The van der Waals surface area contributed by atoms with Crippen LogP contribution in [-0.2, 0) is 10.0 Å². The zero-order valence-corrected chi connectivity index (χ0v) is 11.6. The van der Waals surface area contributed by atoms with E-state index >= 15 is 0 Å². The lowest BCUT2D eigenvalue weighted by Gasteiger charge is -2.08. The Balaban J connectivity index is 2.45. The Bertz CT molecular complexity index is 764. The zero-order chi connectivity index (χ0) is 14.9. The van der Waals surface area contributed by atoms with Crippen LogP contribution >= 0.6 is 11.8 Å². The number of nitrogens with two attached hydrogens (primary N) is 2. The molecule has 0 saturated carbocycles. The molecule has 0 spiro atoms. The van der Waals surface area contributed by atoms with Crippen molar-refractivity contribution in [3.8, 4) is 0 Å². The fraction of sp³-hybridized carbons (Fsp3) is 0. The summed E-state index contributed by atoms with van der Waals surface area (Å²) in [5.74, 6) is -1.23. The normalized spacial score (nSPS) is 11.6. The average molecular weight is 316 g/mol. The monoisotopic (exact) mass is 316 g/mol. The summed E-state index contributed by atoms with van der Waals surface area (Å²) in [4.78, 5) is 0.135. The molecule has 0 radical (unpaired) electrons. The molecule has 106 valence electrons. The van der Waals surface area contributed by atoms with E-state index in [4.69, 9.17) is 10.9 Å². The molecule has 0 aliphatic carbocycles. The van der Waals surface area contributed by atoms with Crippen LogP contribution in [0.1, 0.15) is 0 Å². The second-order valence-electron chi connectivity index (χ2n) is 3.92. The van der Waals surface area contributed by atoms with Gasteiger partial charge in [0.05, 0.1) is 9.79 Å². The Morgan fingerprint density at radius 1 is 1.00 bits per heavy atom. The highest BCUT2D eigenvalue weighted by molar-refractivity contribution is 7.99. The Morgan fingerprint density at radius 3 is 2.35 bits per heavy atom. The molecule has 4 N–H and O–H groups in total. The molecule has 0 unspecified atom stereocenters. The van der Waals surface area contributed by atoms with Gasteiger partial charge < -0.3 is 5.73 Å². The fourth-order valence-corrected chi connectivity index (χ4v) is 3.01. The number of hydrogen-bond donors (Lipinski definition) is 2. The van der Waals surface area contributed by atoms with Crippen molar-refractivity contribution in [3.05, 3.63) is 48.0 Å². The summed E-state index contributed by atoms with van der Waals surface area (Å²) < 4.78 is 49.2. The van der Waals surface area contributed by atoms with Gasteiger partial charge in [-0.15, -0.1) is 0 Å². The van der Waals surface area contributed by atoms with Gasteiger partial charge in [-0.25, -0.2) is 22.3 Å². The Labute approximate surface area is 118 Å². The minimum absolute atomic E-state index is 0.00303. The highest BCUT2D eigenvalue weighted by atomic mass is 32.2. The summed E-state index contributed by atoms with van der Waals surface area (Å²) in [5, 5.41) is 5.01. The summed E-state index contributed by atoms with van der Waals surface area (Å²) in [5.41, 5.74) is 5.94. The molecular formula is C12H10F2N2O2S2. The number of anilines is 1. The highest BCUT2D eigenvalue weighted by Crippen LogP contribution is 2.35. The second kappa shape index (κ2) is 5.39. The van der Waals surface area contributed by atoms with Crippen LogP contribution in [0.4, 0.5) is 14.5 Å². The number of sulfonamides is 1. The Hall–Kier alpha value is -1.64. The summed E-state index contributed by atoms with van der Waals surface area (Å²) in [6.45, 7) is 0. The molecule has 2 aromatic carbocycles. The van der Waals surface area contributed by atoms with E-state index in [1.807, 2.05) is 0 Å². The third-order valence-electron chi connectivity index (χ3n) is 2.43. The maximum absolute atomic E-state index is 13.6. The summed E-state index contributed by atoms with van der Waals surface area (Å²) in [7, 11) is -3.89. The first kappa shape index (κ1) is 14.8. The topological polar surface area (TPSA) is 86.2 Å². The Kier molecular flexibility index (Phi) is 3.98. The van der Waals surface area contributed by atoms with Gasteiger partial charge in [0, 0.05) is 10.6 Å². The average Bonchev–Trinajstić information content (AvgIpc) is 2.35. The number of rotatable bonds is 3. The molecule has 20 heavy (non-hydrogen) atoms. The van der Waals surface area contributed by atoms with Crippen molar-refractivity contribution >= 4 is 27.5 Å². The molecule has 0 aliphatic rings. The van der Waals surface area contributed by atoms with E-state index in [0.717, 1.165) is 30.0 Å². The van der Waals surface area contributed by atoms with Gasteiger partial charge in [0.1, 0.15) is 11.6 Å². The molecule has 4 nitrogen and oxygen atoms in total. The van der Waals surface area contributed by atoms with Crippen LogP contribution in [0.2, 0.25) is 0 Å². The van der Waals surface area contributed by atoms with E-state index in [-0.39, 0.29) is 20.4 Å². The largest absolute Gasteiger partial charge is 0.398 e. The lowest BCUT2D eigenvalue weighted by atomic mass is 10.3. The van der Waals surface area contributed by atoms with Gasteiger partial charge in [0.25, 0.3) is 0 Å². The minimum Gasteiger partial charge on any atom is -0.398 e. The summed E-state index contributed by atoms with van der Waals surface area (Å²) in [6.07, 6.45) is 0. The van der Waals surface area contributed by atoms with Crippen molar-refractivity contribution in [2.24, 2.45) is 5.14 Å². The molecule has 8 heteroatoms. The number of nitrogen functional groups attached to an aromatic ring is 1. The number of primary sulfonamides is 1. The first-order valence-corrected chi connectivity index (χ1v) is 7.69. The summed E-state index contributed by atoms with van der Waals surface area (Å²) >= 11 is 0.825. The molecular weight excluding hydrogens is 306 g/mol.